The molecule has 4 amide bonds. The molecule has 13 heteroatoms. The number of primary amides is 1. The van der Waals surface area contributed by atoms with Crippen molar-refractivity contribution >= 4 is 36.6 Å². The lowest BCUT2D eigenvalue weighted by molar-refractivity contribution is -0.142. The number of carbonyl (C=O) groups excluding carboxylic acids is 4. The van der Waals surface area contributed by atoms with Crippen molar-refractivity contribution in [2.24, 2.45) is 23.5 Å². The SMILES string of the molecule is CCC(OC)C(=O)NC(C(=O)N1CCN(C)C(C)C1)C(C)c1ccc(NC(=O)CC(C2CC2)C2CC2)c(F)c1.NC(=O)C1(F)[B]C1. The third-order valence-electron chi connectivity index (χ3n) is 9.92. The number of hydrogen-bond acceptors (Lipinski definition) is 6. The van der Waals surface area contributed by atoms with Gasteiger partial charge in [-0.1, -0.05) is 19.9 Å². The highest BCUT2D eigenvalue weighted by Crippen LogP contribution is 2.50. The normalized spacial score (nSPS) is 24.5. The summed E-state index contributed by atoms with van der Waals surface area (Å²) < 4.78 is 32.6. The first-order valence-corrected chi connectivity index (χ1v) is 16.5. The summed E-state index contributed by atoms with van der Waals surface area (Å²) >= 11 is 0. The van der Waals surface area contributed by atoms with Crippen LogP contribution in [-0.4, -0.2) is 98.3 Å². The molecule has 2 aliphatic heterocycles. The molecule has 46 heavy (non-hydrogen) atoms. The molecule has 10 nitrogen and oxygen atoms in total. The third-order valence-corrected chi connectivity index (χ3v) is 9.92. The molecule has 4 fully saturated rings. The summed E-state index contributed by atoms with van der Waals surface area (Å²) in [5.41, 5.74) is 3.57. The molecule has 4 N–H and O–H groups in total. The number of ether oxygens (including phenoxy) is 1. The van der Waals surface area contributed by atoms with Crippen LogP contribution in [0.3, 0.4) is 0 Å². The van der Waals surface area contributed by atoms with Crippen molar-refractivity contribution in [2.75, 3.05) is 39.1 Å². The van der Waals surface area contributed by atoms with E-state index in [2.05, 4.69) is 28.2 Å². The van der Waals surface area contributed by atoms with E-state index in [4.69, 9.17) is 4.74 Å². The van der Waals surface area contributed by atoms with Gasteiger partial charge in [0.25, 0.3) is 0 Å². The lowest BCUT2D eigenvalue weighted by atomic mass is 9.91. The largest absolute Gasteiger partial charge is 0.372 e. The highest BCUT2D eigenvalue weighted by Gasteiger charge is 2.50. The number of nitrogens with two attached hydrogens (primary N) is 1. The van der Waals surface area contributed by atoms with Gasteiger partial charge in [0.05, 0.1) is 5.69 Å². The average Bonchev–Trinajstić information content (AvgIpc) is 3.87. The molecule has 5 unspecified atom stereocenters. The first-order chi connectivity index (χ1) is 21.8. The van der Waals surface area contributed by atoms with Gasteiger partial charge in [-0.15, -0.1) is 0 Å². The van der Waals surface area contributed by atoms with Gasteiger partial charge in [0.15, 0.2) is 7.28 Å². The smallest absolute Gasteiger partial charge is 0.249 e. The molecule has 0 bridgehead atoms. The van der Waals surface area contributed by atoms with Crippen LogP contribution in [0.15, 0.2) is 18.2 Å². The second kappa shape index (κ2) is 15.2. The Hall–Kier alpha value is -3.06. The fourth-order valence-corrected chi connectivity index (χ4v) is 6.13. The van der Waals surface area contributed by atoms with Gasteiger partial charge in [-0.2, -0.15) is 0 Å². The molecule has 2 saturated heterocycles. The first-order valence-electron chi connectivity index (χ1n) is 16.5. The Morgan fingerprint density at radius 2 is 1.78 bits per heavy atom. The number of anilines is 1. The third kappa shape index (κ3) is 9.27. The number of piperazine rings is 1. The lowest BCUT2D eigenvalue weighted by Gasteiger charge is -2.40. The van der Waals surface area contributed by atoms with Crippen LogP contribution < -0.4 is 16.4 Å². The zero-order chi connectivity index (χ0) is 33.8. The molecular formula is C33H49BF2N5O5. The number of hydrogen-bond donors (Lipinski definition) is 3. The Morgan fingerprint density at radius 3 is 2.24 bits per heavy atom. The van der Waals surface area contributed by atoms with E-state index < -0.39 is 35.4 Å². The lowest BCUT2D eigenvalue weighted by Crippen LogP contribution is -2.58. The number of halogens is 2. The first kappa shape index (κ1) is 35.8. The average molecular weight is 645 g/mol. The molecule has 5 atom stereocenters. The summed E-state index contributed by atoms with van der Waals surface area (Å²) in [6, 6.07) is 3.97. The summed E-state index contributed by atoms with van der Waals surface area (Å²) in [5, 5.41) is 5.67. The Balaban J connectivity index is 0.000000606. The van der Waals surface area contributed by atoms with Crippen molar-refractivity contribution in [1.82, 2.24) is 15.1 Å². The van der Waals surface area contributed by atoms with E-state index in [-0.39, 0.29) is 35.8 Å². The van der Waals surface area contributed by atoms with Crippen LogP contribution in [0.25, 0.3) is 0 Å². The fraction of sp³-hybridized carbons (Fsp3) is 0.697. The Labute approximate surface area is 271 Å². The van der Waals surface area contributed by atoms with E-state index in [0.29, 0.717) is 49.2 Å². The minimum Gasteiger partial charge on any atom is -0.372 e. The summed E-state index contributed by atoms with van der Waals surface area (Å²) in [7, 11) is 4.74. The maximum absolute atomic E-state index is 15.2. The summed E-state index contributed by atoms with van der Waals surface area (Å²) in [6.07, 6.45) is 5.21. The number of carbonyl (C=O) groups is 4. The van der Waals surface area contributed by atoms with Crippen LogP contribution in [0, 0.1) is 23.6 Å². The van der Waals surface area contributed by atoms with Gasteiger partial charge < -0.3 is 30.9 Å². The number of rotatable bonds is 13. The van der Waals surface area contributed by atoms with E-state index in [1.54, 1.807) is 17.0 Å². The van der Waals surface area contributed by atoms with E-state index >= 15 is 4.39 Å². The minimum atomic E-state index is -1.74. The molecule has 1 aromatic rings. The molecule has 0 aromatic heterocycles. The Kier molecular flexibility index (Phi) is 11.9. The van der Waals surface area contributed by atoms with Crippen molar-refractivity contribution in [3.05, 3.63) is 29.6 Å². The van der Waals surface area contributed by atoms with Gasteiger partial charge in [-0.25, -0.2) is 8.78 Å². The van der Waals surface area contributed by atoms with Crippen molar-refractivity contribution in [2.45, 2.75) is 95.3 Å². The molecule has 4 aliphatic rings. The van der Waals surface area contributed by atoms with E-state index in [9.17, 15) is 23.6 Å². The van der Waals surface area contributed by atoms with Crippen LogP contribution in [0.5, 0.6) is 0 Å². The number of nitrogens with zero attached hydrogens (tertiary/aromatic N) is 2. The van der Waals surface area contributed by atoms with E-state index in [1.807, 2.05) is 20.9 Å². The zero-order valence-corrected chi connectivity index (χ0v) is 27.7. The number of benzene rings is 1. The standard InChI is InChI=1S/C30H45FN4O4.C3H4BFNO/c1-6-26(39-5)29(37)33-28(30(38)35-14-13-34(4)18(2)17-35)19(3)22-11-12-25(24(31)15-22)32-27(36)16-23(20-7-8-20)21-9-10-21;5-3(1-4-3)2(6)7/h11-12,15,18-21,23,26,28H,6-10,13-14,16-17H2,1-5H3,(H,32,36)(H,33,37);1H2,(H2,6,7). The molecule has 1 aromatic carbocycles. The molecule has 0 spiro atoms. The summed E-state index contributed by atoms with van der Waals surface area (Å²) in [5.74, 6) is -0.900. The molecule has 2 saturated carbocycles. The Morgan fingerprint density at radius 1 is 1.15 bits per heavy atom. The van der Waals surface area contributed by atoms with Crippen LogP contribution in [0.1, 0.15) is 70.8 Å². The molecule has 5 rings (SSSR count). The molecular weight excluding hydrogens is 595 g/mol. The quantitative estimate of drug-likeness (QED) is 0.283. The van der Waals surface area contributed by atoms with Crippen molar-refractivity contribution < 1.29 is 32.7 Å². The fourth-order valence-electron chi connectivity index (χ4n) is 6.13. The van der Waals surface area contributed by atoms with Crippen LogP contribution >= 0.6 is 0 Å². The number of amides is 4. The van der Waals surface area contributed by atoms with Crippen molar-refractivity contribution in [3.63, 3.8) is 0 Å². The van der Waals surface area contributed by atoms with Gasteiger partial charge in [0.1, 0.15) is 23.5 Å². The van der Waals surface area contributed by atoms with Crippen LogP contribution in [0.2, 0.25) is 6.32 Å². The highest BCUT2D eigenvalue weighted by molar-refractivity contribution is 6.60. The Bertz CT molecular complexity index is 1260. The maximum Gasteiger partial charge on any atom is 0.249 e. The molecule has 253 valence electrons. The monoisotopic (exact) mass is 644 g/mol. The summed E-state index contributed by atoms with van der Waals surface area (Å²) in [6.45, 7) is 7.58. The number of methoxy groups -OCH3 is 1. The minimum absolute atomic E-state index is 0.145. The van der Waals surface area contributed by atoms with Crippen molar-refractivity contribution in [3.8, 4) is 0 Å². The number of alkyl halides is 1. The molecule has 1 radical (unpaired) electrons. The van der Waals surface area contributed by atoms with Crippen LogP contribution in [0.4, 0.5) is 14.5 Å². The topological polar surface area (TPSA) is 134 Å². The van der Waals surface area contributed by atoms with Crippen LogP contribution in [-0.2, 0) is 23.9 Å². The number of likely N-dealkylation sites (N-methyl/N-ethyl adjacent to an activating group) is 1. The van der Waals surface area contributed by atoms with E-state index in [1.165, 1.54) is 46.1 Å². The molecule has 2 aliphatic carbocycles. The predicted octanol–water partition coefficient (Wildman–Crippen LogP) is 3.04. The van der Waals surface area contributed by atoms with Gasteiger partial charge in [-0.05, 0) is 87.8 Å². The predicted molar refractivity (Wildman–Crippen MR) is 172 cm³/mol. The van der Waals surface area contributed by atoms with Gasteiger partial charge in [0, 0.05) is 45.1 Å². The second-order valence-electron chi connectivity index (χ2n) is 13.5. The van der Waals surface area contributed by atoms with Gasteiger partial charge in [-0.3, -0.25) is 19.2 Å². The van der Waals surface area contributed by atoms with E-state index in [0.717, 1.165) is 6.54 Å². The second-order valence-corrected chi connectivity index (χ2v) is 13.5. The highest BCUT2D eigenvalue weighted by atomic mass is 19.1. The zero-order valence-electron chi connectivity index (χ0n) is 27.7. The summed E-state index contributed by atoms with van der Waals surface area (Å²) in [4.78, 5) is 53.3. The maximum atomic E-state index is 15.2. The number of nitrogens with one attached hydrogen (secondary N) is 2. The van der Waals surface area contributed by atoms with Gasteiger partial charge in [0.2, 0.25) is 23.6 Å². The van der Waals surface area contributed by atoms with Gasteiger partial charge >= 0.3 is 0 Å². The van der Waals surface area contributed by atoms with Crippen molar-refractivity contribution in [1.29, 1.82) is 0 Å². The molecule has 2 heterocycles.